The Bertz CT molecular complexity index is 1710. The Morgan fingerprint density at radius 1 is 0.743 bits per heavy atom. The van der Waals surface area contributed by atoms with Crippen molar-refractivity contribution in [3.63, 3.8) is 0 Å². The summed E-state index contributed by atoms with van der Waals surface area (Å²) in [5.74, 6) is 0.370. The van der Waals surface area contributed by atoms with Crippen LogP contribution in [0.2, 0.25) is 0 Å². The summed E-state index contributed by atoms with van der Waals surface area (Å²) in [6, 6.07) is 19.2. The highest BCUT2D eigenvalue weighted by molar-refractivity contribution is 5.96. The van der Waals surface area contributed by atoms with Gasteiger partial charge in [-0.15, -0.1) is 0 Å². The number of hydrogen-bond acceptors (Lipinski definition) is 8. The van der Waals surface area contributed by atoms with Crippen molar-refractivity contribution in [3.8, 4) is 28.4 Å². The average molecular weight is 470 g/mol. The standard InChI is InChI=1S/C27H18O8/c1-31-22-10-7-16(12-24(22)32-2)26(29)33-17-8-9-18-19(14-25(28)34-23(18)13-17)20-11-15-5-3-4-6-21(15)35-27(20)30/h3-14H,1-2H3. The molecule has 5 rings (SSSR count). The van der Waals surface area contributed by atoms with Crippen molar-refractivity contribution in [3.05, 3.63) is 99.2 Å². The monoisotopic (exact) mass is 470 g/mol. The molecule has 8 heteroatoms. The Morgan fingerprint density at radius 3 is 2.34 bits per heavy atom. The molecule has 174 valence electrons. The molecule has 0 atom stereocenters. The number of methoxy groups -OCH3 is 2. The zero-order valence-electron chi connectivity index (χ0n) is 18.7. The summed E-state index contributed by atoms with van der Waals surface area (Å²) in [6.07, 6.45) is 0. The lowest BCUT2D eigenvalue weighted by atomic mass is 10.0. The van der Waals surface area contributed by atoms with E-state index < -0.39 is 17.2 Å². The van der Waals surface area contributed by atoms with Crippen LogP contribution in [0.4, 0.5) is 0 Å². The third kappa shape index (κ3) is 4.13. The molecular weight excluding hydrogens is 452 g/mol. The van der Waals surface area contributed by atoms with Crippen LogP contribution >= 0.6 is 0 Å². The van der Waals surface area contributed by atoms with Crippen LogP contribution in [-0.2, 0) is 0 Å². The zero-order chi connectivity index (χ0) is 24.5. The molecule has 0 saturated carbocycles. The van der Waals surface area contributed by atoms with E-state index in [1.807, 2.05) is 6.07 Å². The Balaban J connectivity index is 1.54. The van der Waals surface area contributed by atoms with Crippen molar-refractivity contribution in [2.24, 2.45) is 0 Å². The van der Waals surface area contributed by atoms with E-state index in [-0.39, 0.29) is 22.5 Å². The summed E-state index contributed by atoms with van der Waals surface area (Å²) < 4.78 is 26.6. The lowest BCUT2D eigenvalue weighted by Crippen LogP contribution is -2.09. The van der Waals surface area contributed by atoms with Crippen LogP contribution in [0.25, 0.3) is 33.1 Å². The van der Waals surface area contributed by atoms with Gasteiger partial charge in [0.1, 0.15) is 16.9 Å². The summed E-state index contributed by atoms with van der Waals surface area (Å²) in [7, 11) is 2.96. The maximum Gasteiger partial charge on any atom is 0.344 e. The lowest BCUT2D eigenvalue weighted by Gasteiger charge is -2.10. The maximum absolute atomic E-state index is 12.7. The normalized spacial score (nSPS) is 10.9. The molecule has 0 spiro atoms. The first-order valence-electron chi connectivity index (χ1n) is 10.5. The van der Waals surface area contributed by atoms with E-state index in [0.29, 0.717) is 33.4 Å². The van der Waals surface area contributed by atoms with Crippen molar-refractivity contribution in [1.29, 1.82) is 0 Å². The minimum absolute atomic E-state index is 0.151. The van der Waals surface area contributed by atoms with Crippen molar-refractivity contribution in [2.75, 3.05) is 14.2 Å². The number of para-hydroxylation sites is 1. The molecule has 2 heterocycles. The van der Waals surface area contributed by atoms with Gasteiger partial charge in [-0.3, -0.25) is 0 Å². The van der Waals surface area contributed by atoms with Crippen LogP contribution in [0.1, 0.15) is 10.4 Å². The smallest absolute Gasteiger partial charge is 0.344 e. The summed E-state index contributed by atoms with van der Waals surface area (Å²) in [6.45, 7) is 0. The Labute approximate surface area is 197 Å². The fourth-order valence-electron chi connectivity index (χ4n) is 3.81. The summed E-state index contributed by atoms with van der Waals surface area (Å²) in [4.78, 5) is 37.7. The molecule has 0 N–H and O–H groups in total. The van der Waals surface area contributed by atoms with Gasteiger partial charge >= 0.3 is 17.2 Å². The van der Waals surface area contributed by atoms with Gasteiger partial charge in [-0.1, -0.05) is 18.2 Å². The first kappa shape index (κ1) is 22.0. The highest BCUT2D eigenvalue weighted by Crippen LogP contribution is 2.31. The number of esters is 1. The van der Waals surface area contributed by atoms with Gasteiger partial charge in [-0.25, -0.2) is 14.4 Å². The van der Waals surface area contributed by atoms with E-state index in [0.717, 1.165) is 0 Å². The zero-order valence-corrected chi connectivity index (χ0v) is 18.7. The molecule has 0 amide bonds. The van der Waals surface area contributed by atoms with E-state index in [4.69, 9.17) is 23.0 Å². The van der Waals surface area contributed by atoms with Crippen LogP contribution in [0.5, 0.6) is 17.2 Å². The van der Waals surface area contributed by atoms with Crippen LogP contribution < -0.4 is 25.5 Å². The number of benzene rings is 3. The van der Waals surface area contributed by atoms with Gasteiger partial charge < -0.3 is 23.0 Å². The van der Waals surface area contributed by atoms with Crippen molar-refractivity contribution in [1.82, 2.24) is 0 Å². The molecule has 0 radical (unpaired) electrons. The second-order valence-electron chi connectivity index (χ2n) is 7.58. The minimum Gasteiger partial charge on any atom is -0.493 e. The van der Waals surface area contributed by atoms with E-state index in [1.165, 1.54) is 32.4 Å². The average Bonchev–Trinajstić information content (AvgIpc) is 2.87. The van der Waals surface area contributed by atoms with Gasteiger partial charge in [-0.2, -0.15) is 0 Å². The second-order valence-corrected chi connectivity index (χ2v) is 7.58. The van der Waals surface area contributed by atoms with Gasteiger partial charge in [-0.05, 0) is 42.5 Å². The molecule has 0 aliphatic rings. The molecule has 5 aromatic rings. The molecule has 35 heavy (non-hydrogen) atoms. The van der Waals surface area contributed by atoms with Gasteiger partial charge in [0.2, 0.25) is 0 Å². The van der Waals surface area contributed by atoms with Crippen LogP contribution in [0, 0.1) is 0 Å². The third-order valence-corrected chi connectivity index (χ3v) is 5.48. The topological polar surface area (TPSA) is 105 Å². The SMILES string of the molecule is COc1ccc(C(=O)Oc2ccc3c(-c4cc5ccccc5oc4=O)cc(=O)oc3c2)cc1OC. The Kier molecular flexibility index (Phi) is 5.54. The van der Waals surface area contributed by atoms with Crippen LogP contribution in [0.3, 0.4) is 0 Å². The van der Waals surface area contributed by atoms with E-state index in [2.05, 4.69) is 0 Å². The maximum atomic E-state index is 12.7. The number of carbonyl (C=O) groups is 1. The predicted molar refractivity (Wildman–Crippen MR) is 128 cm³/mol. The number of rotatable bonds is 5. The van der Waals surface area contributed by atoms with Crippen LogP contribution in [-0.4, -0.2) is 20.2 Å². The number of carbonyl (C=O) groups excluding carboxylic acids is 1. The Hall–Kier alpha value is -4.85. The van der Waals surface area contributed by atoms with E-state index in [9.17, 15) is 14.4 Å². The molecule has 2 aromatic heterocycles. The van der Waals surface area contributed by atoms with Crippen molar-refractivity contribution in [2.45, 2.75) is 0 Å². The Morgan fingerprint density at radius 2 is 1.54 bits per heavy atom. The van der Waals surface area contributed by atoms with E-state index in [1.54, 1.807) is 48.5 Å². The molecule has 0 saturated heterocycles. The second kappa shape index (κ2) is 8.83. The molecule has 0 fully saturated rings. The summed E-state index contributed by atoms with van der Waals surface area (Å²) in [5.41, 5.74) is 0.162. The minimum atomic E-state index is -0.663. The fourth-order valence-corrected chi connectivity index (χ4v) is 3.81. The molecule has 0 unspecified atom stereocenters. The summed E-state index contributed by atoms with van der Waals surface area (Å²) >= 11 is 0. The molecule has 3 aromatic carbocycles. The van der Waals surface area contributed by atoms with Gasteiger partial charge in [0.15, 0.2) is 11.5 Å². The number of fused-ring (bicyclic) bond motifs is 2. The van der Waals surface area contributed by atoms with Crippen molar-refractivity contribution < 1.29 is 27.8 Å². The number of ether oxygens (including phenoxy) is 3. The summed E-state index contributed by atoms with van der Waals surface area (Å²) in [5, 5.41) is 1.20. The largest absolute Gasteiger partial charge is 0.493 e. The molecule has 8 nitrogen and oxygen atoms in total. The molecule has 0 aliphatic carbocycles. The van der Waals surface area contributed by atoms with E-state index >= 15 is 0 Å². The first-order chi connectivity index (χ1) is 17.0. The molecule has 0 bridgehead atoms. The highest BCUT2D eigenvalue weighted by atomic mass is 16.5. The first-order valence-corrected chi connectivity index (χ1v) is 10.5. The van der Waals surface area contributed by atoms with Crippen LogP contribution in [0.15, 0.2) is 91.2 Å². The van der Waals surface area contributed by atoms with Gasteiger partial charge in [0.25, 0.3) is 0 Å². The molecule has 0 aliphatic heterocycles. The lowest BCUT2D eigenvalue weighted by molar-refractivity contribution is 0.0734. The number of hydrogen-bond donors (Lipinski definition) is 0. The fraction of sp³-hybridized carbons (Fsp3) is 0.0741. The third-order valence-electron chi connectivity index (χ3n) is 5.48. The van der Waals surface area contributed by atoms with Crippen molar-refractivity contribution >= 4 is 27.9 Å². The van der Waals surface area contributed by atoms with Gasteiger partial charge in [0.05, 0.1) is 25.3 Å². The quantitative estimate of drug-likeness (QED) is 0.205. The molecular formula is C27H18O8. The highest BCUT2D eigenvalue weighted by Gasteiger charge is 2.17. The van der Waals surface area contributed by atoms with Gasteiger partial charge in [0, 0.05) is 28.5 Å². The predicted octanol–water partition coefficient (Wildman–Crippen LogP) is 4.80.